The van der Waals surface area contributed by atoms with Gasteiger partial charge >= 0.3 is 0 Å². The Hall–Kier alpha value is -1.13. The first kappa shape index (κ1) is 16.2. The Kier molecular flexibility index (Phi) is 4.89. The standard InChI is InChI=1S/C17H25NO2S/c1-4-17(11-10-14(2)3)12-15(13-17)18-21(19,20)16-8-6-5-7-9-16/h5-9,15,18H,2,4,10-13H2,1,3H3. The van der Waals surface area contributed by atoms with Crippen molar-refractivity contribution in [2.45, 2.75) is 56.9 Å². The summed E-state index contributed by atoms with van der Waals surface area (Å²) in [7, 11) is -3.38. The molecule has 0 aliphatic heterocycles. The van der Waals surface area contributed by atoms with Gasteiger partial charge in [0.2, 0.25) is 10.0 Å². The van der Waals surface area contributed by atoms with Crippen LogP contribution in [0.1, 0.15) is 46.0 Å². The van der Waals surface area contributed by atoms with E-state index < -0.39 is 10.0 Å². The Morgan fingerprint density at radius 3 is 2.48 bits per heavy atom. The fourth-order valence-electron chi connectivity index (χ4n) is 3.10. The first-order valence-electron chi connectivity index (χ1n) is 7.59. The zero-order valence-electron chi connectivity index (χ0n) is 12.9. The Bertz CT molecular complexity index is 586. The second-order valence-electron chi connectivity index (χ2n) is 6.35. The van der Waals surface area contributed by atoms with E-state index in [1.54, 1.807) is 24.3 Å². The Balaban J connectivity index is 1.94. The molecule has 0 amide bonds. The number of hydrogen-bond acceptors (Lipinski definition) is 2. The van der Waals surface area contributed by atoms with Crippen LogP contribution in [0.2, 0.25) is 0 Å². The quantitative estimate of drug-likeness (QED) is 0.777. The maximum Gasteiger partial charge on any atom is 0.240 e. The summed E-state index contributed by atoms with van der Waals surface area (Å²) in [6.07, 6.45) is 5.12. The third kappa shape index (κ3) is 3.95. The Labute approximate surface area is 128 Å². The summed E-state index contributed by atoms with van der Waals surface area (Å²) in [5, 5.41) is 0. The van der Waals surface area contributed by atoms with Crippen LogP contribution in [-0.4, -0.2) is 14.5 Å². The van der Waals surface area contributed by atoms with E-state index >= 15 is 0 Å². The number of benzene rings is 1. The second-order valence-corrected chi connectivity index (χ2v) is 8.06. The number of sulfonamides is 1. The van der Waals surface area contributed by atoms with Crippen molar-refractivity contribution in [2.24, 2.45) is 5.41 Å². The van der Waals surface area contributed by atoms with Gasteiger partial charge in [-0.15, -0.1) is 6.58 Å². The smallest absolute Gasteiger partial charge is 0.208 e. The van der Waals surface area contributed by atoms with Crippen molar-refractivity contribution in [3.63, 3.8) is 0 Å². The molecule has 116 valence electrons. The Morgan fingerprint density at radius 1 is 1.33 bits per heavy atom. The van der Waals surface area contributed by atoms with Gasteiger partial charge in [-0.05, 0) is 50.2 Å². The molecule has 1 aromatic rings. The van der Waals surface area contributed by atoms with Crippen LogP contribution in [0, 0.1) is 5.41 Å². The zero-order valence-corrected chi connectivity index (χ0v) is 13.7. The lowest BCUT2D eigenvalue weighted by molar-refractivity contribution is 0.0788. The van der Waals surface area contributed by atoms with Gasteiger partial charge in [0.15, 0.2) is 0 Å². The monoisotopic (exact) mass is 307 g/mol. The molecule has 1 N–H and O–H groups in total. The van der Waals surface area contributed by atoms with E-state index in [4.69, 9.17) is 0 Å². The molecule has 0 aromatic heterocycles. The number of nitrogens with one attached hydrogen (secondary N) is 1. The average Bonchev–Trinajstić information content (AvgIpc) is 2.42. The van der Waals surface area contributed by atoms with Gasteiger partial charge in [0, 0.05) is 6.04 Å². The molecule has 1 aliphatic rings. The van der Waals surface area contributed by atoms with Crippen LogP contribution in [-0.2, 0) is 10.0 Å². The van der Waals surface area contributed by atoms with Crippen molar-refractivity contribution in [1.82, 2.24) is 4.72 Å². The first-order valence-corrected chi connectivity index (χ1v) is 9.07. The number of rotatable bonds is 7. The lowest BCUT2D eigenvalue weighted by Crippen LogP contribution is -2.50. The van der Waals surface area contributed by atoms with Gasteiger partial charge in [-0.1, -0.05) is 37.1 Å². The topological polar surface area (TPSA) is 46.2 Å². The lowest BCUT2D eigenvalue weighted by Gasteiger charge is -2.48. The molecule has 1 fully saturated rings. The highest BCUT2D eigenvalue weighted by atomic mass is 32.2. The Morgan fingerprint density at radius 2 is 1.95 bits per heavy atom. The van der Waals surface area contributed by atoms with Crippen LogP contribution in [0.15, 0.2) is 47.4 Å². The molecule has 0 bridgehead atoms. The van der Waals surface area contributed by atoms with Crippen LogP contribution in [0.4, 0.5) is 0 Å². The molecule has 2 rings (SSSR count). The number of hydrogen-bond donors (Lipinski definition) is 1. The van der Waals surface area contributed by atoms with Crippen LogP contribution in [0.3, 0.4) is 0 Å². The van der Waals surface area contributed by atoms with E-state index in [0.29, 0.717) is 10.3 Å². The molecule has 1 saturated carbocycles. The highest BCUT2D eigenvalue weighted by molar-refractivity contribution is 7.89. The highest BCUT2D eigenvalue weighted by Crippen LogP contribution is 2.48. The van der Waals surface area contributed by atoms with Crippen molar-refractivity contribution in [2.75, 3.05) is 0 Å². The van der Waals surface area contributed by atoms with Crippen LogP contribution in [0.25, 0.3) is 0 Å². The average molecular weight is 307 g/mol. The molecule has 4 heteroatoms. The number of allylic oxidation sites excluding steroid dienone is 1. The summed E-state index contributed by atoms with van der Waals surface area (Å²) in [6, 6.07) is 8.66. The van der Waals surface area contributed by atoms with Gasteiger partial charge in [-0.25, -0.2) is 13.1 Å². The van der Waals surface area contributed by atoms with E-state index in [0.717, 1.165) is 32.1 Å². The van der Waals surface area contributed by atoms with Crippen LogP contribution in [0.5, 0.6) is 0 Å². The molecule has 1 aromatic carbocycles. The van der Waals surface area contributed by atoms with E-state index in [9.17, 15) is 8.42 Å². The fraction of sp³-hybridized carbons (Fsp3) is 0.529. The fourth-order valence-corrected chi connectivity index (χ4v) is 4.36. The maximum atomic E-state index is 12.3. The molecule has 3 nitrogen and oxygen atoms in total. The molecule has 0 atom stereocenters. The molecule has 0 saturated heterocycles. The molecular formula is C17H25NO2S. The van der Waals surface area contributed by atoms with Crippen molar-refractivity contribution in [3.8, 4) is 0 Å². The van der Waals surface area contributed by atoms with E-state index in [1.165, 1.54) is 5.57 Å². The van der Waals surface area contributed by atoms with Gasteiger partial charge in [0.05, 0.1) is 4.90 Å². The van der Waals surface area contributed by atoms with Crippen LogP contribution >= 0.6 is 0 Å². The third-order valence-corrected chi connectivity index (χ3v) is 6.10. The van der Waals surface area contributed by atoms with Crippen molar-refractivity contribution in [3.05, 3.63) is 42.5 Å². The zero-order chi connectivity index (χ0) is 15.5. The molecule has 21 heavy (non-hydrogen) atoms. The molecular weight excluding hydrogens is 282 g/mol. The normalized spacial score (nSPS) is 25.3. The molecule has 1 aliphatic carbocycles. The summed E-state index contributed by atoms with van der Waals surface area (Å²) in [5.74, 6) is 0. The van der Waals surface area contributed by atoms with Crippen LogP contribution < -0.4 is 4.72 Å². The highest BCUT2D eigenvalue weighted by Gasteiger charge is 2.43. The predicted molar refractivity (Wildman–Crippen MR) is 86.6 cm³/mol. The van der Waals surface area contributed by atoms with E-state index in [2.05, 4.69) is 25.1 Å². The van der Waals surface area contributed by atoms with Gasteiger partial charge in [0.25, 0.3) is 0 Å². The molecule has 0 radical (unpaired) electrons. The minimum atomic E-state index is -3.38. The minimum Gasteiger partial charge on any atom is -0.208 e. The summed E-state index contributed by atoms with van der Waals surface area (Å²) in [4.78, 5) is 0.348. The minimum absolute atomic E-state index is 0.0697. The molecule has 0 unspecified atom stereocenters. The SMILES string of the molecule is C=C(C)CCC1(CC)CC(NS(=O)(=O)c2ccccc2)C1. The summed E-state index contributed by atoms with van der Waals surface area (Å²) in [6.45, 7) is 8.21. The van der Waals surface area contributed by atoms with Gasteiger partial charge in [0.1, 0.15) is 0 Å². The first-order chi connectivity index (χ1) is 9.87. The van der Waals surface area contributed by atoms with Crippen molar-refractivity contribution < 1.29 is 8.42 Å². The van der Waals surface area contributed by atoms with Crippen molar-refractivity contribution in [1.29, 1.82) is 0 Å². The van der Waals surface area contributed by atoms with Crippen molar-refractivity contribution >= 4 is 10.0 Å². The summed E-state index contributed by atoms with van der Waals surface area (Å²) in [5.41, 5.74) is 1.50. The maximum absolute atomic E-state index is 12.3. The second kappa shape index (κ2) is 6.32. The van der Waals surface area contributed by atoms with Gasteiger partial charge < -0.3 is 0 Å². The molecule has 0 spiro atoms. The lowest BCUT2D eigenvalue weighted by atomic mass is 9.61. The summed E-state index contributed by atoms with van der Waals surface area (Å²) >= 11 is 0. The van der Waals surface area contributed by atoms with E-state index in [-0.39, 0.29) is 6.04 Å². The van der Waals surface area contributed by atoms with Gasteiger partial charge in [-0.3, -0.25) is 0 Å². The van der Waals surface area contributed by atoms with Gasteiger partial charge in [-0.2, -0.15) is 0 Å². The summed E-state index contributed by atoms with van der Waals surface area (Å²) < 4.78 is 27.4. The van der Waals surface area contributed by atoms with E-state index in [1.807, 2.05) is 6.07 Å². The third-order valence-electron chi connectivity index (χ3n) is 4.57. The largest absolute Gasteiger partial charge is 0.240 e. The predicted octanol–water partition coefficient (Wildman–Crippen LogP) is 3.88. The molecule has 0 heterocycles.